The number of nitrogens with zero attached hydrogens (tertiary/aromatic N) is 4. The SMILES string of the molecule is N#Cc1cnc(NC(=O)N2CCCc3cc(CO)c(C=O)nc32)cc1NCCF. The zero-order chi connectivity index (χ0) is 20.8. The molecule has 1 aliphatic heterocycles. The monoisotopic (exact) mass is 398 g/mol. The van der Waals surface area contributed by atoms with Gasteiger partial charge in [0.2, 0.25) is 0 Å². The van der Waals surface area contributed by atoms with Crippen LogP contribution in [0.25, 0.3) is 0 Å². The minimum absolute atomic E-state index is 0.0250. The third-order valence-corrected chi connectivity index (χ3v) is 4.47. The Balaban J connectivity index is 1.86. The Morgan fingerprint density at radius 1 is 1.45 bits per heavy atom. The van der Waals surface area contributed by atoms with E-state index in [2.05, 4.69) is 20.6 Å². The highest BCUT2D eigenvalue weighted by atomic mass is 19.1. The molecule has 9 nitrogen and oxygen atoms in total. The summed E-state index contributed by atoms with van der Waals surface area (Å²) in [5.41, 5.74) is 1.86. The molecule has 3 N–H and O–H groups in total. The van der Waals surface area contributed by atoms with Crippen molar-refractivity contribution in [1.29, 1.82) is 5.26 Å². The van der Waals surface area contributed by atoms with Gasteiger partial charge in [-0.05, 0) is 24.5 Å². The second-order valence-corrected chi connectivity index (χ2v) is 6.32. The van der Waals surface area contributed by atoms with Gasteiger partial charge in [0.25, 0.3) is 0 Å². The maximum absolute atomic E-state index is 12.8. The van der Waals surface area contributed by atoms with Crippen molar-refractivity contribution in [2.45, 2.75) is 19.4 Å². The number of amides is 2. The lowest BCUT2D eigenvalue weighted by molar-refractivity contribution is 0.111. The number of fused-ring (bicyclic) bond motifs is 1. The van der Waals surface area contributed by atoms with E-state index >= 15 is 0 Å². The average molecular weight is 398 g/mol. The maximum atomic E-state index is 12.8. The molecule has 3 rings (SSSR count). The molecule has 1 aliphatic rings. The predicted molar refractivity (Wildman–Crippen MR) is 104 cm³/mol. The van der Waals surface area contributed by atoms with Gasteiger partial charge in [-0.1, -0.05) is 0 Å². The molecule has 0 aliphatic carbocycles. The third kappa shape index (κ3) is 4.30. The molecule has 2 aromatic heterocycles. The summed E-state index contributed by atoms with van der Waals surface area (Å²) >= 11 is 0. The second kappa shape index (κ2) is 9.07. The van der Waals surface area contributed by atoms with Crippen LogP contribution in [0.3, 0.4) is 0 Å². The molecule has 2 aromatic rings. The highest BCUT2D eigenvalue weighted by molar-refractivity contribution is 6.01. The van der Waals surface area contributed by atoms with Crippen LogP contribution in [0.4, 0.5) is 26.5 Å². The number of alkyl halides is 1. The molecule has 150 valence electrons. The number of hydrogen-bond donors (Lipinski definition) is 3. The molecule has 10 heteroatoms. The van der Waals surface area contributed by atoms with Gasteiger partial charge in [-0.15, -0.1) is 0 Å². The van der Waals surface area contributed by atoms with Gasteiger partial charge in [0.05, 0.1) is 17.9 Å². The number of carbonyl (C=O) groups is 2. The zero-order valence-electron chi connectivity index (χ0n) is 15.5. The van der Waals surface area contributed by atoms with Crippen molar-refractivity contribution in [3.8, 4) is 6.07 Å². The summed E-state index contributed by atoms with van der Waals surface area (Å²) in [4.78, 5) is 33.8. The number of carbonyl (C=O) groups excluding carboxylic acids is 2. The van der Waals surface area contributed by atoms with Gasteiger partial charge in [-0.3, -0.25) is 15.0 Å². The Morgan fingerprint density at radius 3 is 2.97 bits per heavy atom. The fourth-order valence-electron chi connectivity index (χ4n) is 3.10. The van der Waals surface area contributed by atoms with Crippen LogP contribution < -0.4 is 15.5 Å². The van der Waals surface area contributed by atoms with Gasteiger partial charge in [-0.2, -0.15) is 5.26 Å². The lowest BCUT2D eigenvalue weighted by atomic mass is 10.0. The largest absolute Gasteiger partial charge is 0.392 e. The summed E-state index contributed by atoms with van der Waals surface area (Å²) in [6, 6.07) is 4.59. The van der Waals surface area contributed by atoms with E-state index in [9.17, 15) is 19.1 Å². The molecule has 0 saturated carbocycles. The van der Waals surface area contributed by atoms with Crippen LogP contribution in [0.1, 0.15) is 33.6 Å². The molecule has 3 heterocycles. The number of aliphatic hydroxyl groups is 1. The first-order valence-electron chi connectivity index (χ1n) is 8.98. The van der Waals surface area contributed by atoms with E-state index < -0.39 is 12.7 Å². The van der Waals surface area contributed by atoms with E-state index in [0.717, 1.165) is 5.56 Å². The first kappa shape index (κ1) is 20.2. The molecule has 29 heavy (non-hydrogen) atoms. The van der Waals surface area contributed by atoms with Crippen molar-refractivity contribution in [2.75, 3.05) is 35.3 Å². The summed E-state index contributed by atoms with van der Waals surface area (Å²) in [7, 11) is 0. The first-order valence-corrected chi connectivity index (χ1v) is 8.98. The summed E-state index contributed by atoms with van der Waals surface area (Å²) in [6.45, 7) is -0.507. The van der Waals surface area contributed by atoms with Gasteiger partial charge >= 0.3 is 6.03 Å². The third-order valence-electron chi connectivity index (χ3n) is 4.47. The number of halogens is 1. The summed E-state index contributed by atoms with van der Waals surface area (Å²) in [6.07, 6.45) is 3.19. The number of anilines is 3. The number of hydrogen-bond acceptors (Lipinski definition) is 7. The molecule has 0 spiro atoms. The molecule has 0 fully saturated rings. The molecular weight excluding hydrogens is 379 g/mol. The number of aldehydes is 1. The molecule has 0 bridgehead atoms. The molecule has 2 amide bonds. The van der Waals surface area contributed by atoms with Crippen LogP contribution >= 0.6 is 0 Å². The molecule has 0 atom stereocenters. The van der Waals surface area contributed by atoms with E-state index in [1.54, 1.807) is 6.07 Å². The van der Waals surface area contributed by atoms with Crippen molar-refractivity contribution in [3.63, 3.8) is 0 Å². The maximum Gasteiger partial charge on any atom is 0.328 e. The van der Waals surface area contributed by atoms with Crippen molar-refractivity contribution < 1.29 is 19.1 Å². The molecular formula is C19H19FN6O3. The van der Waals surface area contributed by atoms with Crippen molar-refractivity contribution >= 4 is 29.6 Å². The van der Waals surface area contributed by atoms with E-state index in [0.29, 0.717) is 42.7 Å². The fourth-order valence-corrected chi connectivity index (χ4v) is 3.10. The van der Waals surface area contributed by atoms with Crippen molar-refractivity contribution in [3.05, 3.63) is 40.7 Å². The van der Waals surface area contributed by atoms with Gasteiger partial charge in [0.15, 0.2) is 6.29 Å². The highest BCUT2D eigenvalue weighted by Gasteiger charge is 2.26. The number of aryl methyl sites for hydroxylation is 1. The molecule has 0 unspecified atom stereocenters. The van der Waals surface area contributed by atoms with Crippen molar-refractivity contribution in [2.24, 2.45) is 0 Å². The minimum atomic E-state index is -0.611. The number of aliphatic hydroxyl groups excluding tert-OH is 1. The predicted octanol–water partition coefficient (Wildman–Crippen LogP) is 2.02. The van der Waals surface area contributed by atoms with E-state index in [-0.39, 0.29) is 30.2 Å². The normalized spacial score (nSPS) is 12.7. The Morgan fingerprint density at radius 2 is 2.28 bits per heavy atom. The molecule has 0 saturated heterocycles. The fraction of sp³-hybridized carbons (Fsp3) is 0.316. The summed E-state index contributed by atoms with van der Waals surface area (Å²) in [5, 5.41) is 23.9. The number of rotatable bonds is 6. The molecule has 0 radical (unpaired) electrons. The number of aromatic nitrogens is 2. The van der Waals surface area contributed by atoms with E-state index in [4.69, 9.17) is 5.26 Å². The van der Waals surface area contributed by atoms with Crippen LogP contribution in [0.15, 0.2) is 18.3 Å². The lowest BCUT2D eigenvalue weighted by Crippen LogP contribution is -2.39. The first-order chi connectivity index (χ1) is 14.1. The number of pyridine rings is 2. The van der Waals surface area contributed by atoms with Crippen LogP contribution in [-0.2, 0) is 13.0 Å². The Labute approximate surface area is 166 Å². The standard InChI is InChI=1S/C19H19FN6O3/c20-3-4-22-15-7-17(23-9-14(15)8-21)25-19(29)26-5-1-2-12-6-13(10-27)16(11-28)24-18(12)26/h6-7,9,11,27H,1-5,10H2,(H2,22,23,25,29). The Kier molecular flexibility index (Phi) is 6.31. The summed E-state index contributed by atoms with van der Waals surface area (Å²) in [5.74, 6) is 0.544. The number of urea groups is 1. The Bertz CT molecular complexity index is 975. The van der Waals surface area contributed by atoms with E-state index in [1.807, 2.05) is 6.07 Å². The molecule has 0 aromatic carbocycles. The second-order valence-electron chi connectivity index (χ2n) is 6.32. The smallest absolute Gasteiger partial charge is 0.328 e. The number of nitriles is 1. The van der Waals surface area contributed by atoms with Crippen LogP contribution in [0.2, 0.25) is 0 Å². The van der Waals surface area contributed by atoms with Gasteiger partial charge in [0.1, 0.15) is 30.1 Å². The van der Waals surface area contributed by atoms with Crippen LogP contribution in [0, 0.1) is 11.3 Å². The highest BCUT2D eigenvalue weighted by Crippen LogP contribution is 2.28. The minimum Gasteiger partial charge on any atom is -0.392 e. The zero-order valence-corrected chi connectivity index (χ0v) is 15.5. The van der Waals surface area contributed by atoms with Gasteiger partial charge < -0.3 is 10.4 Å². The average Bonchev–Trinajstić information content (AvgIpc) is 2.76. The van der Waals surface area contributed by atoms with Crippen LogP contribution in [-0.4, -0.2) is 47.2 Å². The van der Waals surface area contributed by atoms with Crippen molar-refractivity contribution in [1.82, 2.24) is 9.97 Å². The van der Waals surface area contributed by atoms with Gasteiger partial charge in [-0.25, -0.2) is 19.2 Å². The van der Waals surface area contributed by atoms with E-state index in [1.165, 1.54) is 17.2 Å². The Hall–Kier alpha value is -3.58. The lowest BCUT2D eigenvalue weighted by Gasteiger charge is -2.29. The topological polar surface area (TPSA) is 131 Å². The number of nitrogens with one attached hydrogen (secondary N) is 2. The quantitative estimate of drug-likeness (QED) is 0.634. The van der Waals surface area contributed by atoms with Gasteiger partial charge in [0, 0.05) is 30.9 Å². The van der Waals surface area contributed by atoms with Crippen LogP contribution in [0.5, 0.6) is 0 Å². The summed E-state index contributed by atoms with van der Waals surface area (Å²) < 4.78 is 12.4.